The second-order valence-electron chi connectivity index (χ2n) is 6.03. The average Bonchev–Trinajstić information content (AvgIpc) is 2.53. The fraction of sp³-hybridized carbons (Fsp3) is 0.588. The van der Waals surface area contributed by atoms with Crippen molar-refractivity contribution >= 4 is 5.91 Å². The standard InChI is InChI=1S/C17H26N2O3/c1-3-21-14-4-6-15(7-5-14)22-12-16(20)19-13-17(2)8-10-18-11-9-17/h4-7,18H,3,8-13H2,1-2H3,(H,19,20). The Morgan fingerprint density at radius 2 is 1.77 bits per heavy atom. The Kier molecular flexibility index (Phi) is 6.07. The number of nitrogens with one attached hydrogen (secondary N) is 2. The molecule has 1 saturated heterocycles. The van der Waals surface area contributed by atoms with Crippen molar-refractivity contribution < 1.29 is 14.3 Å². The number of benzene rings is 1. The molecule has 0 saturated carbocycles. The molecule has 0 unspecified atom stereocenters. The lowest BCUT2D eigenvalue weighted by Gasteiger charge is -2.34. The minimum Gasteiger partial charge on any atom is -0.494 e. The Hall–Kier alpha value is -1.75. The fourth-order valence-electron chi connectivity index (χ4n) is 2.52. The van der Waals surface area contributed by atoms with Crippen molar-refractivity contribution in [1.29, 1.82) is 0 Å². The fourth-order valence-corrected chi connectivity index (χ4v) is 2.52. The summed E-state index contributed by atoms with van der Waals surface area (Å²) >= 11 is 0. The summed E-state index contributed by atoms with van der Waals surface area (Å²) in [6.07, 6.45) is 2.18. The van der Waals surface area contributed by atoms with Gasteiger partial charge in [0.25, 0.3) is 5.91 Å². The van der Waals surface area contributed by atoms with Crippen molar-refractivity contribution in [3.05, 3.63) is 24.3 Å². The Labute approximate surface area is 132 Å². The van der Waals surface area contributed by atoms with Crippen LogP contribution in [0.4, 0.5) is 0 Å². The van der Waals surface area contributed by atoms with Crippen molar-refractivity contribution in [2.75, 3.05) is 32.8 Å². The molecule has 1 heterocycles. The van der Waals surface area contributed by atoms with Crippen LogP contribution in [-0.4, -0.2) is 38.8 Å². The summed E-state index contributed by atoms with van der Waals surface area (Å²) in [7, 11) is 0. The molecular weight excluding hydrogens is 280 g/mol. The first-order valence-electron chi connectivity index (χ1n) is 7.94. The van der Waals surface area contributed by atoms with Gasteiger partial charge in [-0.3, -0.25) is 4.79 Å². The zero-order valence-electron chi connectivity index (χ0n) is 13.5. The van der Waals surface area contributed by atoms with Crippen LogP contribution in [0.25, 0.3) is 0 Å². The van der Waals surface area contributed by atoms with Gasteiger partial charge in [0.05, 0.1) is 6.61 Å². The van der Waals surface area contributed by atoms with Crippen LogP contribution in [0.3, 0.4) is 0 Å². The molecule has 0 atom stereocenters. The van der Waals surface area contributed by atoms with Crippen LogP contribution in [0.15, 0.2) is 24.3 Å². The number of carbonyl (C=O) groups excluding carboxylic acids is 1. The molecule has 1 aromatic carbocycles. The first kappa shape index (κ1) is 16.6. The third kappa shape index (κ3) is 5.22. The minimum atomic E-state index is -0.0753. The van der Waals surface area contributed by atoms with E-state index in [9.17, 15) is 4.79 Å². The molecule has 0 radical (unpaired) electrons. The average molecular weight is 306 g/mol. The second kappa shape index (κ2) is 8.03. The molecule has 0 aromatic heterocycles. The van der Waals surface area contributed by atoms with Crippen LogP contribution in [0, 0.1) is 5.41 Å². The predicted molar refractivity (Wildman–Crippen MR) is 86.3 cm³/mol. The molecule has 1 amide bonds. The number of hydrogen-bond acceptors (Lipinski definition) is 4. The maximum absolute atomic E-state index is 11.9. The molecule has 1 aliphatic heterocycles. The summed E-state index contributed by atoms with van der Waals surface area (Å²) in [5.74, 6) is 1.40. The Balaban J connectivity index is 1.70. The van der Waals surface area contributed by atoms with Crippen molar-refractivity contribution in [2.45, 2.75) is 26.7 Å². The van der Waals surface area contributed by atoms with E-state index < -0.39 is 0 Å². The van der Waals surface area contributed by atoms with Gasteiger partial charge in [-0.1, -0.05) is 6.92 Å². The van der Waals surface area contributed by atoms with Gasteiger partial charge in [-0.15, -0.1) is 0 Å². The molecule has 1 aromatic rings. The van der Waals surface area contributed by atoms with Crippen LogP contribution in [0.5, 0.6) is 11.5 Å². The molecule has 1 fully saturated rings. The van der Waals surface area contributed by atoms with Gasteiger partial charge in [0.2, 0.25) is 0 Å². The lowest BCUT2D eigenvalue weighted by Crippen LogP contribution is -2.43. The quantitative estimate of drug-likeness (QED) is 0.808. The van der Waals surface area contributed by atoms with E-state index in [-0.39, 0.29) is 17.9 Å². The predicted octanol–water partition coefficient (Wildman–Crippen LogP) is 1.97. The number of piperidine rings is 1. The Bertz CT molecular complexity index is 467. The largest absolute Gasteiger partial charge is 0.494 e. The van der Waals surface area contributed by atoms with Gasteiger partial charge in [0, 0.05) is 6.54 Å². The summed E-state index contributed by atoms with van der Waals surface area (Å²) in [6.45, 7) is 7.60. The van der Waals surface area contributed by atoms with Crippen molar-refractivity contribution in [1.82, 2.24) is 10.6 Å². The monoisotopic (exact) mass is 306 g/mol. The van der Waals surface area contributed by atoms with Gasteiger partial charge in [0.1, 0.15) is 11.5 Å². The van der Waals surface area contributed by atoms with E-state index in [1.165, 1.54) is 0 Å². The van der Waals surface area contributed by atoms with Crippen LogP contribution in [-0.2, 0) is 4.79 Å². The number of carbonyl (C=O) groups is 1. The highest BCUT2D eigenvalue weighted by atomic mass is 16.5. The van der Waals surface area contributed by atoms with E-state index in [2.05, 4.69) is 17.6 Å². The van der Waals surface area contributed by atoms with Gasteiger partial charge in [-0.05, 0) is 62.5 Å². The smallest absolute Gasteiger partial charge is 0.257 e. The molecule has 22 heavy (non-hydrogen) atoms. The van der Waals surface area contributed by atoms with Crippen LogP contribution >= 0.6 is 0 Å². The maximum atomic E-state index is 11.9. The third-order valence-corrected chi connectivity index (χ3v) is 4.03. The van der Waals surface area contributed by atoms with Gasteiger partial charge in [-0.2, -0.15) is 0 Å². The van der Waals surface area contributed by atoms with E-state index in [0.29, 0.717) is 18.9 Å². The van der Waals surface area contributed by atoms with E-state index in [4.69, 9.17) is 9.47 Å². The molecule has 2 rings (SSSR count). The Morgan fingerprint density at radius 3 is 2.36 bits per heavy atom. The molecule has 122 valence electrons. The van der Waals surface area contributed by atoms with E-state index in [1.807, 2.05) is 31.2 Å². The second-order valence-corrected chi connectivity index (χ2v) is 6.03. The highest BCUT2D eigenvalue weighted by Gasteiger charge is 2.26. The first-order chi connectivity index (χ1) is 10.6. The van der Waals surface area contributed by atoms with Crippen LogP contribution in [0.1, 0.15) is 26.7 Å². The van der Waals surface area contributed by atoms with Gasteiger partial charge < -0.3 is 20.1 Å². The lowest BCUT2D eigenvalue weighted by atomic mass is 9.81. The van der Waals surface area contributed by atoms with Crippen LogP contribution in [0.2, 0.25) is 0 Å². The van der Waals surface area contributed by atoms with E-state index in [1.54, 1.807) is 0 Å². The highest BCUT2D eigenvalue weighted by molar-refractivity contribution is 5.77. The van der Waals surface area contributed by atoms with E-state index in [0.717, 1.165) is 31.7 Å². The summed E-state index contributed by atoms with van der Waals surface area (Å²) < 4.78 is 10.9. The zero-order chi connectivity index (χ0) is 15.8. The SMILES string of the molecule is CCOc1ccc(OCC(=O)NCC2(C)CCNCC2)cc1. The molecule has 1 aliphatic rings. The van der Waals surface area contributed by atoms with Crippen molar-refractivity contribution in [2.24, 2.45) is 5.41 Å². The molecule has 5 nitrogen and oxygen atoms in total. The minimum absolute atomic E-state index is 0.0440. The highest BCUT2D eigenvalue weighted by Crippen LogP contribution is 2.26. The number of rotatable bonds is 7. The molecule has 0 bridgehead atoms. The summed E-state index contributed by atoms with van der Waals surface area (Å²) in [5.41, 5.74) is 0.194. The van der Waals surface area contributed by atoms with Crippen molar-refractivity contribution in [3.8, 4) is 11.5 Å². The van der Waals surface area contributed by atoms with Gasteiger partial charge in [-0.25, -0.2) is 0 Å². The topological polar surface area (TPSA) is 59.6 Å². The zero-order valence-corrected chi connectivity index (χ0v) is 13.5. The molecule has 5 heteroatoms. The molecular formula is C17H26N2O3. The van der Waals surface area contributed by atoms with Crippen molar-refractivity contribution in [3.63, 3.8) is 0 Å². The summed E-state index contributed by atoms with van der Waals surface area (Å²) in [6, 6.07) is 7.30. The van der Waals surface area contributed by atoms with Gasteiger partial charge in [0.15, 0.2) is 6.61 Å². The lowest BCUT2D eigenvalue weighted by molar-refractivity contribution is -0.123. The summed E-state index contributed by atoms with van der Waals surface area (Å²) in [4.78, 5) is 11.9. The maximum Gasteiger partial charge on any atom is 0.257 e. The van der Waals surface area contributed by atoms with E-state index >= 15 is 0 Å². The molecule has 0 aliphatic carbocycles. The third-order valence-electron chi connectivity index (χ3n) is 4.03. The number of amides is 1. The Morgan fingerprint density at radius 1 is 1.18 bits per heavy atom. The normalized spacial score (nSPS) is 16.8. The first-order valence-corrected chi connectivity index (χ1v) is 7.94. The number of ether oxygens (including phenoxy) is 2. The number of hydrogen-bond donors (Lipinski definition) is 2. The van der Waals surface area contributed by atoms with Gasteiger partial charge >= 0.3 is 0 Å². The summed E-state index contributed by atoms with van der Waals surface area (Å²) in [5, 5.41) is 6.32. The molecule has 2 N–H and O–H groups in total. The van der Waals surface area contributed by atoms with Crippen LogP contribution < -0.4 is 20.1 Å². The molecule has 0 spiro atoms.